The number of benzene rings is 2. The Morgan fingerprint density at radius 3 is 2.64 bits per heavy atom. The van der Waals surface area contributed by atoms with Crippen molar-refractivity contribution in [3.8, 4) is 17.1 Å². The van der Waals surface area contributed by atoms with Crippen LogP contribution in [0.1, 0.15) is 25.8 Å². The van der Waals surface area contributed by atoms with Gasteiger partial charge in [-0.15, -0.1) is 0 Å². The third kappa shape index (κ3) is 4.49. The van der Waals surface area contributed by atoms with Gasteiger partial charge >= 0.3 is 0 Å². The summed E-state index contributed by atoms with van der Waals surface area (Å²) in [5.41, 5.74) is 4.05. The van der Waals surface area contributed by atoms with Crippen molar-refractivity contribution in [2.75, 3.05) is 39.3 Å². The predicted octanol–water partition coefficient (Wildman–Crippen LogP) is 3.39. The van der Waals surface area contributed by atoms with E-state index >= 15 is 0 Å². The summed E-state index contributed by atoms with van der Waals surface area (Å²) in [7, 11) is 0. The van der Waals surface area contributed by atoms with E-state index in [9.17, 15) is 4.79 Å². The normalized spacial score (nSPS) is 15.5. The number of imidazole rings is 1. The van der Waals surface area contributed by atoms with E-state index in [-0.39, 0.29) is 5.56 Å². The minimum atomic E-state index is -0.172. The fraction of sp³-hybridized carbons (Fsp3) is 0.400. The Labute approximate surface area is 192 Å². The van der Waals surface area contributed by atoms with E-state index in [4.69, 9.17) is 9.72 Å². The molecular weight excluding hydrogens is 416 g/mol. The summed E-state index contributed by atoms with van der Waals surface area (Å²) in [6.07, 6.45) is 2.53. The molecular formula is C25H30N6O2. The topological polar surface area (TPSA) is 90.1 Å². The van der Waals surface area contributed by atoms with Gasteiger partial charge in [0, 0.05) is 32.7 Å². The molecule has 0 unspecified atom stereocenters. The van der Waals surface area contributed by atoms with E-state index in [0.29, 0.717) is 23.3 Å². The molecule has 0 bridgehead atoms. The van der Waals surface area contributed by atoms with Crippen LogP contribution in [0.3, 0.4) is 0 Å². The molecule has 2 aromatic heterocycles. The van der Waals surface area contributed by atoms with Crippen molar-refractivity contribution in [1.29, 1.82) is 0 Å². The average molecular weight is 447 g/mol. The molecule has 8 nitrogen and oxygen atoms in total. The van der Waals surface area contributed by atoms with Crippen LogP contribution >= 0.6 is 0 Å². The van der Waals surface area contributed by atoms with Gasteiger partial charge in [0.1, 0.15) is 11.6 Å². The molecule has 172 valence electrons. The van der Waals surface area contributed by atoms with Gasteiger partial charge in [0.05, 0.1) is 40.4 Å². The molecule has 0 aliphatic carbocycles. The maximum atomic E-state index is 12.9. The summed E-state index contributed by atoms with van der Waals surface area (Å²) in [5.74, 6) is 1.26. The number of hydrogen-bond donors (Lipinski definition) is 2. The van der Waals surface area contributed by atoms with Gasteiger partial charge in [-0.05, 0) is 42.8 Å². The second kappa shape index (κ2) is 9.33. The number of likely N-dealkylation sites (N-methyl/N-ethyl adjacent to an activating group) is 1. The summed E-state index contributed by atoms with van der Waals surface area (Å²) in [6, 6.07) is 9.88. The Hall–Kier alpha value is -3.23. The fourth-order valence-electron chi connectivity index (χ4n) is 4.42. The van der Waals surface area contributed by atoms with Crippen molar-refractivity contribution in [3.05, 3.63) is 52.6 Å². The minimum Gasteiger partial charge on any atom is -0.493 e. The Bertz CT molecular complexity index is 1320. The first-order valence-corrected chi connectivity index (χ1v) is 11.7. The SMILES string of the molecule is CCCOc1ccc(CN2CCN(CC)CC2)cc1-c1nc2cc3nc[nH]c3cc2c(=O)[nH]1. The van der Waals surface area contributed by atoms with Gasteiger partial charge in [0.2, 0.25) is 0 Å². The lowest BCUT2D eigenvalue weighted by molar-refractivity contribution is 0.132. The highest BCUT2D eigenvalue weighted by Gasteiger charge is 2.18. The third-order valence-corrected chi connectivity index (χ3v) is 6.33. The predicted molar refractivity (Wildman–Crippen MR) is 131 cm³/mol. The zero-order valence-corrected chi connectivity index (χ0v) is 19.2. The molecule has 0 saturated carbocycles. The average Bonchev–Trinajstić information content (AvgIpc) is 3.30. The number of piperazine rings is 1. The second-order valence-corrected chi connectivity index (χ2v) is 8.59. The largest absolute Gasteiger partial charge is 0.493 e. The fourth-order valence-corrected chi connectivity index (χ4v) is 4.42. The van der Waals surface area contributed by atoms with Gasteiger partial charge in [-0.1, -0.05) is 19.9 Å². The van der Waals surface area contributed by atoms with E-state index in [1.165, 1.54) is 5.56 Å². The molecule has 3 heterocycles. The van der Waals surface area contributed by atoms with Gasteiger partial charge in [-0.25, -0.2) is 9.97 Å². The molecule has 1 aliphatic heterocycles. The van der Waals surface area contributed by atoms with Crippen LogP contribution in [0.5, 0.6) is 5.75 Å². The van der Waals surface area contributed by atoms with E-state index in [1.807, 2.05) is 12.1 Å². The lowest BCUT2D eigenvalue weighted by Crippen LogP contribution is -2.45. The number of H-pyrrole nitrogens is 2. The van der Waals surface area contributed by atoms with Crippen molar-refractivity contribution >= 4 is 21.9 Å². The number of nitrogens with one attached hydrogen (secondary N) is 2. The Morgan fingerprint density at radius 1 is 1.03 bits per heavy atom. The second-order valence-electron chi connectivity index (χ2n) is 8.59. The van der Waals surface area contributed by atoms with Crippen molar-refractivity contribution in [1.82, 2.24) is 29.7 Å². The van der Waals surface area contributed by atoms with Crippen molar-refractivity contribution in [2.45, 2.75) is 26.8 Å². The third-order valence-electron chi connectivity index (χ3n) is 6.33. The Balaban J connectivity index is 1.52. The number of fused-ring (bicyclic) bond motifs is 2. The highest BCUT2D eigenvalue weighted by Crippen LogP contribution is 2.30. The number of aromatic nitrogens is 4. The lowest BCUT2D eigenvalue weighted by atomic mass is 10.1. The molecule has 0 amide bonds. The van der Waals surface area contributed by atoms with Gasteiger partial charge in [-0.3, -0.25) is 9.69 Å². The minimum absolute atomic E-state index is 0.172. The van der Waals surface area contributed by atoms with Gasteiger partial charge in [0.15, 0.2) is 0 Å². The van der Waals surface area contributed by atoms with Crippen molar-refractivity contribution in [2.24, 2.45) is 0 Å². The van der Waals surface area contributed by atoms with Crippen LogP contribution in [0.4, 0.5) is 0 Å². The van der Waals surface area contributed by atoms with Gasteiger partial charge in [-0.2, -0.15) is 0 Å². The number of ether oxygens (including phenoxy) is 1. The maximum Gasteiger partial charge on any atom is 0.259 e. The molecule has 4 aromatic rings. The number of rotatable bonds is 7. The summed E-state index contributed by atoms with van der Waals surface area (Å²) in [4.78, 5) is 33.0. The van der Waals surface area contributed by atoms with Gasteiger partial charge in [0.25, 0.3) is 5.56 Å². The Morgan fingerprint density at radius 2 is 1.85 bits per heavy atom. The smallest absolute Gasteiger partial charge is 0.259 e. The highest BCUT2D eigenvalue weighted by molar-refractivity contribution is 5.93. The molecule has 0 atom stereocenters. The zero-order valence-electron chi connectivity index (χ0n) is 19.2. The molecule has 1 saturated heterocycles. The monoisotopic (exact) mass is 446 g/mol. The van der Waals surface area contributed by atoms with E-state index < -0.39 is 0 Å². The van der Waals surface area contributed by atoms with Crippen molar-refractivity contribution in [3.63, 3.8) is 0 Å². The number of hydrogen-bond acceptors (Lipinski definition) is 6. The summed E-state index contributed by atoms with van der Waals surface area (Å²) >= 11 is 0. The van der Waals surface area contributed by atoms with Crippen molar-refractivity contribution < 1.29 is 4.74 Å². The standard InChI is InChI=1S/C25H30N6O2/c1-3-11-33-23-6-5-17(15-31-9-7-30(4-2)8-10-31)12-19(23)24-28-20-14-22-21(26-16-27-22)13-18(20)25(32)29-24/h5-6,12-14,16H,3-4,7-11,15H2,1-2H3,(H,26,27)(H,28,29,32). The molecule has 1 aliphatic rings. The number of nitrogens with zero attached hydrogens (tertiary/aromatic N) is 4. The van der Waals surface area contributed by atoms with Crippen LogP contribution in [0.2, 0.25) is 0 Å². The first-order valence-electron chi connectivity index (χ1n) is 11.7. The molecule has 2 N–H and O–H groups in total. The summed E-state index contributed by atoms with van der Waals surface area (Å²) in [5, 5.41) is 0.538. The zero-order chi connectivity index (χ0) is 22.8. The van der Waals surface area contributed by atoms with Crippen LogP contribution in [-0.2, 0) is 6.54 Å². The molecule has 0 spiro atoms. The first kappa shape index (κ1) is 21.6. The van der Waals surface area contributed by atoms with Crippen LogP contribution < -0.4 is 10.3 Å². The Kier molecular flexibility index (Phi) is 6.11. The molecule has 0 radical (unpaired) electrons. The summed E-state index contributed by atoms with van der Waals surface area (Å²) < 4.78 is 6.02. The maximum absolute atomic E-state index is 12.9. The highest BCUT2D eigenvalue weighted by atomic mass is 16.5. The summed E-state index contributed by atoms with van der Waals surface area (Å²) in [6.45, 7) is 11.2. The molecule has 8 heteroatoms. The number of aromatic amines is 2. The molecule has 33 heavy (non-hydrogen) atoms. The molecule has 2 aromatic carbocycles. The van der Waals surface area contributed by atoms with E-state index in [1.54, 1.807) is 12.4 Å². The first-order chi connectivity index (χ1) is 16.1. The lowest BCUT2D eigenvalue weighted by Gasteiger charge is -2.34. The quantitative estimate of drug-likeness (QED) is 0.452. The molecule has 1 fully saturated rings. The van der Waals surface area contributed by atoms with Gasteiger partial charge < -0.3 is 19.6 Å². The van der Waals surface area contributed by atoms with Crippen LogP contribution in [0.15, 0.2) is 41.5 Å². The van der Waals surface area contributed by atoms with E-state index in [2.05, 4.69) is 50.7 Å². The van der Waals surface area contributed by atoms with Crippen LogP contribution in [0, 0.1) is 0 Å². The molecule has 5 rings (SSSR count). The van der Waals surface area contributed by atoms with Crippen LogP contribution in [0.25, 0.3) is 33.3 Å². The van der Waals surface area contributed by atoms with Crippen LogP contribution in [-0.4, -0.2) is 69.1 Å². The van der Waals surface area contributed by atoms with E-state index in [0.717, 1.165) is 68.0 Å².